The van der Waals surface area contributed by atoms with Crippen LogP contribution in [0.15, 0.2) is 24.3 Å². The summed E-state index contributed by atoms with van der Waals surface area (Å²) in [6.07, 6.45) is 2.88. The fourth-order valence-electron chi connectivity index (χ4n) is 1.95. The lowest BCUT2D eigenvalue weighted by atomic mass is 10.1. The molecule has 1 fully saturated rings. The number of benzene rings is 1. The second kappa shape index (κ2) is 5.68. The summed E-state index contributed by atoms with van der Waals surface area (Å²) in [5, 5.41) is 3.03. The fourth-order valence-corrected chi connectivity index (χ4v) is 1.95. The Balaban J connectivity index is 1.93. The minimum atomic E-state index is -0.0306. The summed E-state index contributed by atoms with van der Waals surface area (Å²) in [6, 6.07) is 7.20. The molecule has 1 aromatic rings. The topological polar surface area (TPSA) is 64.4 Å². The van der Waals surface area contributed by atoms with Crippen LogP contribution in [0.25, 0.3) is 0 Å². The van der Waals surface area contributed by atoms with Crippen molar-refractivity contribution < 1.29 is 9.53 Å². The van der Waals surface area contributed by atoms with Crippen LogP contribution in [0.1, 0.15) is 29.6 Å². The van der Waals surface area contributed by atoms with Crippen LogP contribution in [0, 0.1) is 0 Å². The van der Waals surface area contributed by atoms with Crippen molar-refractivity contribution >= 4 is 11.6 Å². The van der Waals surface area contributed by atoms with Crippen LogP contribution in [0.5, 0.6) is 0 Å². The van der Waals surface area contributed by atoms with Gasteiger partial charge in [-0.15, -0.1) is 0 Å². The van der Waals surface area contributed by atoms with Crippen molar-refractivity contribution in [3.05, 3.63) is 29.8 Å². The zero-order valence-electron chi connectivity index (χ0n) is 9.82. The smallest absolute Gasteiger partial charge is 0.251 e. The van der Waals surface area contributed by atoms with E-state index in [-0.39, 0.29) is 11.9 Å². The van der Waals surface area contributed by atoms with Gasteiger partial charge in [-0.05, 0) is 43.5 Å². The van der Waals surface area contributed by atoms with E-state index in [1.807, 2.05) is 0 Å². The van der Waals surface area contributed by atoms with Crippen molar-refractivity contribution in [3.8, 4) is 0 Å². The zero-order valence-corrected chi connectivity index (χ0v) is 9.82. The summed E-state index contributed by atoms with van der Waals surface area (Å²) in [5.74, 6) is -0.0306. The number of ether oxygens (including phenoxy) is 1. The van der Waals surface area contributed by atoms with Gasteiger partial charge in [0.05, 0.1) is 0 Å². The third kappa shape index (κ3) is 3.46. The second-order valence-corrected chi connectivity index (χ2v) is 4.34. The monoisotopic (exact) mass is 234 g/mol. The van der Waals surface area contributed by atoms with Gasteiger partial charge in [0.15, 0.2) is 0 Å². The number of hydrogen-bond acceptors (Lipinski definition) is 3. The number of carbonyl (C=O) groups excluding carboxylic acids is 1. The molecule has 0 bridgehead atoms. The molecule has 1 aliphatic rings. The van der Waals surface area contributed by atoms with E-state index < -0.39 is 0 Å². The van der Waals surface area contributed by atoms with E-state index >= 15 is 0 Å². The summed E-state index contributed by atoms with van der Waals surface area (Å²) in [5.41, 5.74) is 6.91. The average molecular weight is 234 g/mol. The molecule has 1 saturated heterocycles. The van der Waals surface area contributed by atoms with E-state index in [1.54, 1.807) is 24.3 Å². The van der Waals surface area contributed by atoms with E-state index in [1.165, 1.54) is 0 Å². The molecule has 1 aromatic carbocycles. The van der Waals surface area contributed by atoms with E-state index in [4.69, 9.17) is 10.5 Å². The minimum Gasteiger partial charge on any atom is -0.399 e. The molecule has 2 rings (SSSR count). The van der Waals surface area contributed by atoms with Gasteiger partial charge < -0.3 is 15.8 Å². The predicted octanol–water partition coefficient (Wildman–Crippen LogP) is 1.57. The van der Waals surface area contributed by atoms with Crippen LogP contribution in [0.2, 0.25) is 0 Å². The van der Waals surface area contributed by atoms with Gasteiger partial charge in [0.1, 0.15) is 0 Å². The highest BCUT2D eigenvalue weighted by Gasteiger charge is 2.15. The molecule has 3 N–H and O–H groups in total. The predicted molar refractivity (Wildman–Crippen MR) is 66.8 cm³/mol. The molecular weight excluding hydrogens is 216 g/mol. The summed E-state index contributed by atoms with van der Waals surface area (Å²) in [4.78, 5) is 11.9. The number of nitrogens with two attached hydrogens (primary N) is 1. The van der Waals surface area contributed by atoms with Gasteiger partial charge in [-0.25, -0.2) is 0 Å². The Hall–Kier alpha value is -1.55. The van der Waals surface area contributed by atoms with Crippen LogP contribution in [0.4, 0.5) is 5.69 Å². The van der Waals surface area contributed by atoms with Crippen molar-refractivity contribution in [1.82, 2.24) is 5.32 Å². The molecule has 0 radical (unpaired) electrons. The van der Waals surface area contributed by atoms with Crippen LogP contribution >= 0.6 is 0 Å². The lowest BCUT2D eigenvalue weighted by Gasteiger charge is -2.15. The Kier molecular flexibility index (Phi) is 3.98. The largest absolute Gasteiger partial charge is 0.399 e. The van der Waals surface area contributed by atoms with Gasteiger partial charge in [-0.1, -0.05) is 0 Å². The van der Waals surface area contributed by atoms with Crippen LogP contribution in [-0.2, 0) is 4.74 Å². The van der Waals surface area contributed by atoms with Gasteiger partial charge in [0, 0.05) is 30.5 Å². The number of hydrogen-bond donors (Lipinski definition) is 2. The third-order valence-corrected chi connectivity index (χ3v) is 2.96. The normalized spacial score (nSPS) is 20.6. The minimum absolute atomic E-state index is 0.0306. The number of anilines is 1. The number of nitrogen functional groups attached to an aromatic ring is 1. The highest BCUT2D eigenvalue weighted by Crippen LogP contribution is 2.10. The van der Waals surface area contributed by atoms with Gasteiger partial charge in [0.2, 0.25) is 0 Å². The Morgan fingerprint density at radius 3 is 2.76 bits per heavy atom. The SMILES string of the molecule is Nc1ccc(C(=O)NC2CCCOCC2)cc1. The molecule has 0 aliphatic carbocycles. The molecule has 92 valence electrons. The third-order valence-electron chi connectivity index (χ3n) is 2.96. The maximum Gasteiger partial charge on any atom is 0.251 e. The molecule has 4 nitrogen and oxygen atoms in total. The molecule has 0 spiro atoms. The summed E-state index contributed by atoms with van der Waals surface area (Å²) < 4.78 is 5.36. The fraction of sp³-hybridized carbons (Fsp3) is 0.462. The number of rotatable bonds is 2. The lowest BCUT2D eigenvalue weighted by Crippen LogP contribution is -2.34. The highest BCUT2D eigenvalue weighted by molar-refractivity contribution is 5.94. The Labute approximate surface area is 101 Å². The first-order valence-electron chi connectivity index (χ1n) is 6.00. The summed E-state index contributed by atoms with van der Waals surface area (Å²) in [6.45, 7) is 1.53. The molecule has 4 heteroatoms. The van der Waals surface area contributed by atoms with E-state index in [0.717, 1.165) is 32.5 Å². The van der Waals surface area contributed by atoms with Gasteiger partial charge in [-0.3, -0.25) is 4.79 Å². The van der Waals surface area contributed by atoms with Crippen LogP contribution in [-0.4, -0.2) is 25.2 Å². The molecule has 0 saturated carbocycles. The molecule has 1 unspecified atom stereocenters. The molecule has 1 heterocycles. The number of amides is 1. The maximum atomic E-state index is 11.9. The van der Waals surface area contributed by atoms with Crippen molar-refractivity contribution in [2.24, 2.45) is 0 Å². The molecule has 1 amide bonds. The maximum absolute atomic E-state index is 11.9. The van der Waals surface area contributed by atoms with E-state index in [0.29, 0.717) is 11.3 Å². The van der Waals surface area contributed by atoms with E-state index in [9.17, 15) is 4.79 Å². The van der Waals surface area contributed by atoms with Crippen LogP contribution in [0.3, 0.4) is 0 Å². The van der Waals surface area contributed by atoms with Crippen molar-refractivity contribution in [1.29, 1.82) is 0 Å². The Morgan fingerprint density at radius 2 is 2.00 bits per heavy atom. The van der Waals surface area contributed by atoms with Gasteiger partial charge >= 0.3 is 0 Å². The standard InChI is InChI=1S/C13H18N2O2/c14-11-5-3-10(4-6-11)13(16)15-12-2-1-8-17-9-7-12/h3-6,12H,1-2,7-9,14H2,(H,15,16). The van der Waals surface area contributed by atoms with Crippen LogP contribution < -0.4 is 11.1 Å². The summed E-state index contributed by atoms with van der Waals surface area (Å²) >= 11 is 0. The Bertz CT molecular complexity index is 368. The highest BCUT2D eigenvalue weighted by atomic mass is 16.5. The second-order valence-electron chi connectivity index (χ2n) is 4.34. The Morgan fingerprint density at radius 1 is 1.24 bits per heavy atom. The molecule has 1 atom stereocenters. The molecule has 17 heavy (non-hydrogen) atoms. The molecule has 1 aliphatic heterocycles. The first kappa shape index (κ1) is 11.9. The average Bonchev–Trinajstić information content (AvgIpc) is 2.58. The number of carbonyl (C=O) groups is 1. The quantitative estimate of drug-likeness (QED) is 0.763. The number of nitrogens with one attached hydrogen (secondary N) is 1. The first-order valence-corrected chi connectivity index (χ1v) is 6.00. The van der Waals surface area contributed by atoms with Crippen molar-refractivity contribution in [2.45, 2.75) is 25.3 Å². The zero-order chi connectivity index (χ0) is 12.1. The molecular formula is C13H18N2O2. The lowest BCUT2D eigenvalue weighted by molar-refractivity contribution is 0.0929. The first-order chi connectivity index (χ1) is 8.25. The van der Waals surface area contributed by atoms with Crippen molar-refractivity contribution in [2.75, 3.05) is 18.9 Å². The van der Waals surface area contributed by atoms with Crippen molar-refractivity contribution in [3.63, 3.8) is 0 Å². The van der Waals surface area contributed by atoms with Gasteiger partial charge in [-0.2, -0.15) is 0 Å². The van der Waals surface area contributed by atoms with E-state index in [2.05, 4.69) is 5.32 Å². The molecule has 0 aromatic heterocycles. The van der Waals surface area contributed by atoms with Gasteiger partial charge in [0.25, 0.3) is 5.91 Å². The summed E-state index contributed by atoms with van der Waals surface area (Å²) in [7, 11) is 0.